The van der Waals surface area contributed by atoms with E-state index >= 15 is 0 Å². The molecule has 30 heavy (non-hydrogen) atoms. The molecule has 3 rings (SSSR count). The number of benzene rings is 2. The molecule has 0 N–H and O–H groups in total. The van der Waals surface area contributed by atoms with Crippen LogP contribution in [0.5, 0.6) is 5.75 Å². The highest BCUT2D eigenvalue weighted by atomic mass is 79.9. The number of halogens is 3. The molecule has 1 fully saturated rings. The van der Waals surface area contributed by atoms with Gasteiger partial charge >= 0.3 is 5.97 Å². The third-order valence-electron chi connectivity index (χ3n) is 4.00. The fourth-order valence-electron chi connectivity index (χ4n) is 2.52. The predicted octanol–water partition coefficient (Wildman–Crippen LogP) is 5.65. The first-order valence-corrected chi connectivity index (χ1v) is 11.2. The summed E-state index contributed by atoms with van der Waals surface area (Å²) in [4.78, 5) is 37.0. The fourth-order valence-corrected chi connectivity index (χ4v) is 4.93. The lowest BCUT2D eigenvalue weighted by molar-refractivity contribution is -0.143. The number of amides is 2. The molecular formula is C20H14Br2ClNO5S. The van der Waals surface area contributed by atoms with E-state index in [4.69, 9.17) is 16.3 Å². The average molecular weight is 576 g/mol. The van der Waals surface area contributed by atoms with Gasteiger partial charge in [-0.25, -0.2) is 0 Å². The normalized spacial score (nSPS) is 15.1. The van der Waals surface area contributed by atoms with Crippen LogP contribution in [0.3, 0.4) is 0 Å². The van der Waals surface area contributed by atoms with Crippen molar-refractivity contribution in [3.8, 4) is 5.75 Å². The minimum atomic E-state index is -0.661. The third kappa shape index (κ3) is 5.46. The number of ether oxygens (including phenoxy) is 2. The molecule has 10 heteroatoms. The van der Waals surface area contributed by atoms with E-state index in [0.29, 0.717) is 31.9 Å². The van der Waals surface area contributed by atoms with Gasteiger partial charge in [-0.15, -0.1) is 0 Å². The van der Waals surface area contributed by atoms with Gasteiger partial charge in [0.15, 0.2) is 0 Å². The van der Waals surface area contributed by atoms with Crippen LogP contribution in [0.15, 0.2) is 50.2 Å². The van der Waals surface area contributed by atoms with Crippen molar-refractivity contribution in [2.45, 2.75) is 6.61 Å². The second-order valence-corrected chi connectivity index (χ2v) is 9.21. The molecule has 156 valence electrons. The Labute approximate surface area is 198 Å². The molecule has 0 aliphatic carbocycles. The summed E-state index contributed by atoms with van der Waals surface area (Å²) in [6, 6.07) is 10.9. The molecule has 0 unspecified atom stereocenters. The van der Waals surface area contributed by atoms with Gasteiger partial charge < -0.3 is 9.47 Å². The van der Waals surface area contributed by atoms with Crippen LogP contribution < -0.4 is 4.74 Å². The number of nitrogens with zero attached hydrogens (tertiary/aromatic N) is 1. The monoisotopic (exact) mass is 573 g/mol. The number of imide groups is 1. The summed E-state index contributed by atoms with van der Waals surface area (Å²) >= 11 is 13.6. The van der Waals surface area contributed by atoms with Crippen molar-refractivity contribution in [1.82, 2.24) is 4.90 Å². The molecule has 1 heterocycles. The minimum absolute atomic E-state index is 0.220. The average Bonchev–Trinajstić information content (AvgIpc) is 2.96. The number of carbonyl (C=O) groups excluding carboxylic acids is 3. The zero-order valence-corrected chi connectivity index (χ0v) is 20.2. The van der Waals surface area contributed by atoms with Crippen LogP contribution in [0.25, 0.3) is 6.08 Å². The molecule has 0 spiro atoms. The Balaban J connectivity index is 1.76. The standard InChI is InChI=1S/C20H14Br2ClNO5S/c1-28-17(25)9-24-19(26)16(30-20(24)27)8-12-6-14(21)18(15(22)7-12)29-10-11-2-4-13(23)5-3-11/h2-8H,9-10H2,1H3/b16-8-. The molecule has 1 aliphatic heterocycles. The Morgan fingerprint density at radius 1 is 1.17 bits per heavy atom. The van der Waals surface area contributed by atoms with E-state index in [1.54, 1.807) is 30.3 Å². The van der Waals surface area contributed by atoms with Crippen molar-refractivity contribution < 1.29 is 23.9 Å². The van der Waals surface area contributed by atoms with Crippen molar-refractivity contribution in [3.05, 3.63) is 66.4 Å². The van der Waals surface area contributed by atoms with Crippen molar-refractivity contribution in [2.24, 2.45) is 0 Å². The third-order valence-corrected chi connectivity index (χ3v) is 6.34. The Kier molecular flexibility index (Phi) is 7.62. The highest BCUT2D eigenvalue weighted by Gasteiger charge is 2.36. The van der Waals surface area contributed by atoms with E-state index in [0.717, 1.165) is 22.2 Å². The van der Waals surface area contributed by atoms with Gasteiger partial charge in [-0.05, 0) is 85.1 Å². The lowest BCUT2D eigenvalue weighted by Crippen LogP contribution is -2.34. The van der Waals surface area contributed by atoms with Crippen molar-refractivity contribution >= 4 is 78.4 Å². The summed E-state index contributed by atoms with van der Waals surface area (Å²) in [6.07, 6.45) is 1.58. The first-order chi connectivity index (χ1) is 14.3. The molecule has 0 saturated carbocycles. The number of hydrogen-bond acceptors (Lipinski definition) is 6. The van der Waals surface area contributed by atoms with Gasteiger partial charge in [0.05, 0.1) is 21.0 Å². The lowest BCUT2D eigenvalue weighted by atomic mass is 10.2. The van der Waals surface area contributed by atoms with Crippen LogP contribution in [-0.4, -0.2) is 35.7 Å². The summed E-state index contributed by atoms with van der Waals surface area (Å²) < 4.78 is 11.8. The number of carbonyl (C=O) groups is 3. The Morgan fingerprint density at radius 3 is 2.40 bits per heavy atom. The topological polar surface area (TPSA) is 72.9 Å². The largest absolute Gasteiger partial charge is 0.487 e. The maximum absolute atomic E-state index is 12.4. The Morgan fingerprint density at radius 2 is 1.80 bits per heavy atom. The maximum Gasteiger partial charge on any atom is 0.325 e. The molecule has 2 aromatic carbocycles. The second kappa shape index (κ2) is 10.00. The van der Waals surface area contributed by atoms with Crippen LogP contribution in [0.2, 0.25) is 5.02 Å². The molecule has 0 radical (unpaired) electrons. The van der Waals surface area contributed by atoms with Gasteiger partial charge in [-0.2, -0.15) is 0 Å². The number of esters is 1. The van der Waals surface area contributed by atoms with Gasteiger partial charge in [0.2, 0.25) is 0 Å². The van der Waals surface area contributed by atoms with Crippen molar-refractivity contribution in [2.75, 3.05) is 13.7 Å². The molecule has 2 aromatic rings. The van der Waals surface area contributed by atoms with Crippen molar-refractivity contribution in [3.63, 3.8) is 0 Å². The van der Waals surface area contributed by atoms with Gasteiger partial charge in [0, 0.05) is 5.02 Å². The van der Waals surface area contributed by atoms with E-state index in [2.05, 4.69) is 36.6 Å². The van der Waals surface area contributed by atoms with Gasteiger partial charge in [0.25, 0.3) is 11.1 Å². The molecule has 1 aliphatic rings. The van der Waals surface area contributed by atoms with Crippen LogP contribution in [0, 0.1) is 0 Å². The Bertz CT molecular complexity index is 1020. The van der Waals surface area contributed by atoms with Gasteiger partial charge in [0.1, 0.15) is 18.9 Å². The summed E-state index contributed by atoms with van der Waals surface area (Å²) in [5.74, 6) is -0.599. The minimum Gasteiger partial charge on any atom is -0.487 e. The zero-order valence-electron chi connectivity index (χ0n) is 15.5. The van der Waals surface area contributed by atoms with Gasteiger partial charge in [-0.3, -0.25) is 19.3 Å². The molecule has 0 atom stereocenters. The van der Waals surface area contributed by atoms with Crippen LogP contribution in [0.1, 0.15) is 11.1 Å². The molecular weight excluding hydrogens is 562 g/mol. The molecule has 6 nitrogen and oxygen atoms in total. The highest BCUT2D eigenvalue weighted by molar-refractivity contribution is 9.11. The summed E-state index contributed by atoms with van der Waals surface area (Å²) in [5, 5.41) is 0.138. The van der Waals surface area contributed by atoms with Crippen LogP contribution >= 0.6 is 55.2 Å². The number of methoxy groups -OCH3 is 1. The SMILES string of the molecule is COC(=O)CN1C(=O)S/C(=C\c2cc(Br)c(OCc3ccc(Cl)cc3)c(Br)c2)C1=O. The zero-order chi connectivity index (χ0) is 21.8. The summed E-state index contributed by atoms with van der Waals surface area (Å²) in [5.41, 5.74) is 1.64. The highest BCUT2D eigenvalue weighted by Crippen LogP contribution is 2.38. The summed E-state index contributed by atoms with van der Waals surface area (Å²) in [7, 11) is 1.20. The molecule has 2 amide bonds. The fraction of sp³-hybridized carbons (Fsp3) is 0.150. The first-order valence-electron chi connectivity index (χ1n) is 8.47. The Hall–Kier alpha value is -1.81. The number of thioether (sulfide) groups is 1. The van der Waals surface area contributed by atoms with E-state index < -0.39 is 23.7 Å². The van der Waals surface area contributed by atoms with E-state index in [-0.39, 0.29) is 4.91 Å². The first kappa shape index (κ1) is 22.9. The summed E-state index contributed by atoms with van der Waals surface area (Å²) in [6.45, 7) is -0.0660. The quantitative estimate of drug-likeness (QED) is 0.327. The number of rotatable bonds is 6. The van der Waals surface area contributed by atoms with E-state index in [9.17, 15) is 14.4 Å². The van der Waals surface area contributed by atoms with Crippen molar-refractivity contribution in [1.29, 1.82) is 0 Å². The lowest BCUT2D eigenvalue weighted by Gasteiger charge is -2.12. The van der Waals surface area contributed by atoms with Crippen LogP contribution in [0.4, 0.5) is 4.79 Å². The van der Waals surface area contributed by atoms with E-state index in [1.165, 1.54) is 7.11 Å². The van der Waals surface area contributed by atoms with Crippen LogP contribution in [-0.2, 0) is 20.9 Å². The molecule has 1 saturated heterocycles. The maximum atomic E-state index is 12.4. The van der Waals surface area contributed by atoms with Gasteiger partial charge in [-0.1, -0.05) is 23.7 Å². The second-order valence-electron chi connectivity index (χ2n) is 6.07. The smallest absolute Gasteiger partial charge is 0.325 e. The number of hydrogen-bond donors (Lipinski definition) is 0. The molecule has 0 bridgehead atoms. The predicted molar refractivity (Wildman–Crippen MR) is 122 cm³/mol. The molecule has 0 aromatic heterocycles. The van der Waals surface area contributed by atoms with E-state index in [1.807, 2.05) is 12.1 Å².